The van der Waals surface area contributed by atoms with Gasteiger partial charge in [-0.1, -0.05) is 50.4 Å². The van der Waals surface area contributed by atoms with Crippen molar-refractivity contribution in [1.29, 1.82) is 0 Å². The summed E-state index contributed by atoms with van der Waals surface area (Å²) in [5.41, 5.74) is 3.93. The summed E-state index contributed by atoms with van der Waals surface area (Å²) in [6.45, 7) is 4.83. The molecule has 5 rings (SSSR count). The van der Waals surface area contributed by atoms with Crippen LogP contribution in [-0.4, -0.2) is 31.5 Å². The number of hydrogen-bond acceptors (Lipinski definition) is 5. The van der Waals surface area contributed by atoms with Gasteiger partial charge < -0.3 is 9.30 Å². The fourth-order valence-electron chi connectivity index (χ4n) is 4.96. The molecule has 1 saturated carbocycles. The molecule has 1 aliphatic carbocycles. The summed E-state index contributed by atoms with van der Waals surface area (Å²) < 4.78 is 8.94. The van der Waals surface area contributed by atoms with Crippen molar-refractivity contribution in [2.75, 3.05) is 7.11 Å². The van der Waals surface area contributed by atoms with Crippen molar-refractivity contribution in [1.82, 2.24) is 24.4 Å². The van der Waals surface area contributed by atoms with Crippen molar-refractivity contribution >= 4 is 28.3 Å². The van der Waals surface area contributed by atoms with Gasteiger partial charge in [-0.05, 0) is 42.0 Å². The zero-order valence-corrected chi connectivity index (χ0v) is 19.2. The largest absolute Gasteiger partial charge is 0.378 e. The highest BCUT2D eigenvalue weighted by atomic mass is 35.5. The van der Waals surface area contributed by atoms with Crippen LogP contribution in [0.15, 0.2) is 41.3 Å². The highest BCUT2D eigenvalue weighted by Crippen LogP contribution is 2.37. The molecule has 0 aliphatic heterocycles. The number of hydrogen-bond donors (Lipinski definition) is 0. The van der Waals surface area contributed by atoms with E-state index in [0.717, 1.165) is 29.7 Å². The van der Waals surface area contributed by atoms with Crippen LogP contribution in [0.4, 0.5) is 0 Å². The predicted molar refractivity (Wildman–Crippen MR) is 125 cm³/mol. The molecule has 0 N–H and O–H groups in total. The number of benzene rings is 1. The first kappa shape index (κ1) is 21.1. The van der Waals surface area contributed by atoms with Crippen molar-refractivity contribution in [3.8, 4) is 11.1 Å². The molecule has 0 saturated heterocycles. The van der Waals surface area contributed by atoms with Gasteiger partial charge in [-0.15, -0.1) is 10.2 Å². The molecule has 166 valence electrons. The number of methoxy groups -OCH3 is 1. The van der Waals surface area contributed by atoms with Crippen molar-refractivity contribution in [2.24, 2.45) is 11.8 Å². The third-order valence-corrected chi connectivity index (χ3v) is 7.17. The quantitative estimate of drug-likeness (QED) is 0.441. The van der Waals surface area contributed by atoms with Crippen LogP contribution < -0.4 is 5.56 Å². The summed E-state index contributed by atoms with van der Waals surface area (Å²) >= 11 is 6.08. The van der Waals surface area contributed by atoms with Gasteiger partial charge in [0, 0.05) is 24.4 Å². The van der Waals surface area contributed by atoms with Crippen molar-refractivity contribution in [2.45, 2.75) is 45.8 Å². The molecule has 0 unspecified atom stereocenters. The molecule has 0 radical (unpaired) electrons. The summed E-state index contributed by atoms with van der Waals surface area (Å²) in [7, 11) is 1.63. The Morgan fingerprint density at radius 3 is 2.66 bits per heavy atom. The smallest absolute Gasteiger partial charge is 0.280 e. The monoisotopic (exact) mass is 451 g/mol. The van der Waals surface area contributed by atoms with Gasteiger partial charge in [-0.3, -0.25) is 4.79 Å². The Morgan fingerprint density at radius 2 is 1.91 bits per heavy atom. The molecule has 3 heterocycles. The first-order chi connectivity index (χ1) is 15.5. The highest BCUT2D eigenvalue weighted by Gasteiger charge is 2.29. The molecule has 0 bridgehead atoms. The highest BCUT2D eigenvalue weighted by molar-refractivity contribution is 6.30. The third-order valence-electron chi connectivity index (χ3n) is 6.91. The van der Waals surface area contributed by atoms with Crippen LogP contribution in [0.25, 0.3) is 27.8 Å². The minimum Gasteiger partial charge on any atom is -0.378 e. The maximum Gasteiger partial charge on any atom is 0.280 e. The zero-order valence-electron chi connectivity index (χ0n) is 18.5. The second-order valence-electron chi connectivity index (χ2n) is 8.79. The van der Waals surface area contributed by atoms with E-state index in [-0.39, 0.29) is 11.6 Å². The number of fused-ring (bicyclic) bond motifs is 3. The van der Waals surface area contributed by atoms with Gasteiger partial charge in [-0.2, -0.15) is 5.10 Å². The van der Waals surface area contributed by atoms with Gasteiger partial charge in [0.2, 0.25) is 0 Å². The number of aromatic nitrogens is 5. The van der Waals surface area contributed by atoms with E-state index in [4.69, 9.17) is 21.4 Å². The van der Waals surface area contributed by atoms with Crippen LogP contribution in [0.1, 0.15) is 44.8 Å². The summed E-state index contributed by atoms with van der Waals surface area (Å²) in [4.78, 5) is 13.4. The summed E-state index contributed by atoms with van der Waals surface area (Å²) in [6, 6.07) is 9.62. The van der Waals surface area contributed by atoms with Gasteiger partial charge in [0.05, 0.1) is 17.9 Å². The molecule has 3 atom stereocenters. The molecule has 1 aromatic carbocycles. The number of halogens is 1. The molecule has 1 aliphatic rings. The topological polar surface area (TPSA) is 74.3 Å². The first-order valence-corrected chi connectivity index (χ1v) is 11.4. The van der Waals surface area contributed by atoms with Gasteiger partial charge >= 0.3 is 0 Å². The van der Waals surface area contributed by atoms with Crippen LogP contribution in [0.2, 0.25) is 5.02 Å². The fourth-order valence-corrected chi connectivity index (χ4v) is 5.09. The molecular formula is C24H26ClN5O2. The minimum atomic E-state index is -0.111. The lowest BCUT2D eigenvalue weighted by atomic mass is 9.78. The van der Waals surface area contributed by atoms with Crippen LogP contribution >= 0.6 is 11.6 Å². The lowest BCUT2D eigenvalue weighted by molar-refractivity contribution is 0.181. The van der Waals surface area contributed by atoms with Crippen molar-refractivity contribution in [3.63, 3.8) is 0 Å². The SMILES string of the molecule is COCc1nn2c(nnc3c(=O)n([C@@H]4CCC[C@H](C)[C@@H]4C)ccc32)c1-c1ccc(Cl)cc1. The number of ether oxygens (including phenoxy) is 1. The molecule has 1 fully saturated rings. The first-order valence-electron chi connectivity index (χ1n) is 11.0. The van der Waals surface area contributed by atoms with E-state index in [0.29, 0.717) is 40.1 Å². The lowest BCUT2D eigenvalue weighted by Crippen LogP contribution is -2.34. The Hall–Kier alpha value is -2.77. The lowest BCUT2D eigenvalue weighted by Gasteiger charge is -2.35. The molecule has 32 heavy (non-hydrogen) atoms. The molecule has 4 aromatic rings. The van der Waals surface area contributed by atoms with E-state index in [1.165, 1.54) is 6.42 Å². The van der Waals surface area contributed by atoms with E-state index in [1.54, 1.807) is 11.6 Å². The molecule has 8 heteroatoms. The summed E-state index contributed by atoms with van der Waals surface area (Å²) in [6.07, 6.45) is 5.25. The van der Waals surface area contributed by atoms with Gasteiger partial charge in [0.15, 0.2) is 11.2 Å². The van der Waals surface area contributed by atoms with Gasteiger partial charge in [0.1, 0.15) is 5.52 Å². The average Bonchev–Trinajstić information content (AvgIpc) is 3.15. The fraction of sp³-hybridized carbons (Fsp3) is 0.417. The predicted octanol–water partition coefficient (Wildman–Crippen LogP) is 4.90. The van der Waals surface area contributed by atoms with Crippen LogP contribution in [-0.2, 0) is 11.3 Å². The molecule has 7 nitrogen and oxygen atoms in total. The minimum absolute atomic E-state index is 0.111. The second-order valence-corrected chi connectivity index (χ2v) is 9.23. The summed E-state index contributed by atoms with van der Waals surface area (Å²) in [5.74, 6) is 1.03. The van der Waals surface area contributed by atoms with Crippen LogP contribution in [0, 0.1) is 11.8 Å². The molecule has 0 amide bonds. The van der Waals surface area contributed by atoms with E-state index >= 15 is 0 Å². The van der Waals surface area contributed by atoms with Crippen LogP contribution in [0.5, 0.6) is 0 Å². The zero-order chi connectivity index (χ0) is 22.4. The molecule has 0 spiro atoms. The maximum atomic E-state index is 13.4. The van der Waals surface area contributed by atoms with E-state index < -0.39 is 0 Å². The number of pyridine rings is 1. The Balaban J connectivity index is 1.70. The standard InChI is InChI=1S/C24H26ClN5O2/c1-14-5-4-6-19(15(14)2)29-12-11-20-22(24(29)31)26-27-23-21(16-7-9-17(25)10-8-16)18(13-32-3)28-30(20)23/h7-12,14-15,19H,4-6,13H2,1-3H3/t14-,15-,19+/m0/s1. The second kappa shape index (κ2) is 8.30. The summed E-state index contributed by atoms with van der Waals surface area (Å²) in [5, 5.41) is 14.2. The third kappa shape index (κ3) is 3.40. The Labute approximate surface area is 191 Å². The van der Waals surface area contributed by atoms with Crippen LogP contribution in [0.3, 0.4) is 0 Å². The number of rotatable bonds is 4. The van der Waals surface area contributed by atoms with E-state index in [2.05, 4.69) is 24.0 Å². The maximum absolute atomic E-state index is 13.4. The van der Waals surface area contributed by atoms with Crippen molar-refractivity contribution < 1.29 is 4.74 Å². The van der Waals surface area contributed by atoms with E-state index in [1.807, 2.05) is 41.1 Å². The van der Waals surface area contributed by atoms with E-state index in [9.17, 15) is 4.79 Å². The molecular weight excluding hydrogens is 426 g/mol. The molecule has 3 aromatic heterocycles. The number of nitrogens with zero attached hydrogens (tertiary/aromatic N) is 5. The van der Waals surface area contributed by atoms with Gasteiger partial charge in [0.25, 0.3) is 5.56 Å². The Bertz CT molecular complexity index is 1340. The van der Waals surface area contributed by atoms with Gasteiger partial charge in [-0.25, -0.2) is 4.52 Å². The Morgan fingerprint density at radius 1 is 1.12 bits per heavy atom. The average molecular weight is 452 g/mol. The Kier molecular flexibility index (Phi) is 5.47. The van der Waals surface area contributed by atoms with Crippen molar-refractivity contribution in [3.05, 3.63) is 57.6 Å². The normalized spacial score (nSPS) is 21.4.